The van der Waals surface area contributed by atoms with Gasteiger partial charge in [-0.1, -0.05) is 32.0 Å². The van der Waals surface area contributed by atoms with Crippen LogP contribution in [0, 0.1) is 5.82 Å². The number of para-hydroxylation sites is 1. The Kier molecular flexibility index (Phi) is 8.19. The molecule has 1 N–H and O–H groups in total. The van der Waals surface area contributed by atoms with Gasteiger partial charge in [-0.15, -0.1) is 0 Å². The first-order valence-corrected chi connectivity index (χ1v) is 11.0. The number of amides is 1. The second-order valence-electron chi connectivity index (χ2n) is 7.16. The van der Waals surface area contributed by atoms with Crippen LogP contribution in [0.1, 0.15) is 25.3 Å². The fourth-order valence-corrected chi connectivity index (χ4v) is 3.80. The van der Waals surface area contributed by atoms with Crippen LogP contribution < -0.4 is 14.4 Å². The van der Waals surface area contributed by atoms with E-state index in [1.165, 1.54) is 26.2 Å². The number of nitrogens with one attached hydrogen (secondary N) is 1. The standard InChI is InChI=1S/C21H28FN3O4S/c1-16(2)19-7-5-6-8-20(19)29-14-13-23-21(26)15-25(30(27,28)24(3)4)18-11-9-17(22)10-12-18/h5-12,16H,13-15H2,1-4H3,(H,23,26). The van der Waals surface area contributed by atoms with Crippen molar-refractivity contribution in [1.82, 2.24) is 9.62 Å². The molecule has 0 saturated carbocycles. The van der Waals surface area contributed by atoms with Crippen LogP contribution in [0.5, 0.6) is 5.75 Å². The third-order valence-electron chi connectivity index (χ3n) is 4.36. The number of halogens is 1. The lowest BCUT2D eigenvalue weighted by Crippen LogP contribution is -2.46. The highest BCUT2D eigenvalue weighted by Crippen LogP contribution is 2.25. The summed E-state index contributed by atoms with van der Waals surface area (Å²) in [7, 11) is -1.21. The Morgan fingerprint density at radius 2 is 1.73 bits per heavy atom. The number of ether oxygens (including phenoxy) is 1. The molecular formula is C21H28FN3O4S. The van der Waals surface area contributed by atoms with Gasteiger partial charge in [-0.2, -0.15) is 12.7 Å². The molecule has 0 saturated heterocycles. The third kappa shape index (κ3) is 6.17. The van der Waals surface area contributed by atoms with Crippen LogP contribution in [0.25, 0.3) is 0 Å². The quantitative estimate of drug-likeness (QED) is 0.580. The minimum absolute atomic E-state index is 0.197. The largest absolute Gasteiger partial charge is 0.491 e. The number of carbonyl (C=O) groups is 1. The van der Waals surface area contributed by atoms with Gasteiger partial charge in [0.2, 0.25) is 5.91 Å². The van der Waals surface area contributed by atoms with Gasteiger partial charge in [-0.3, -0.25) is 4.79 Å². The fraction of sp³-hybridized carbons (Fsp3) is 0.381. The molecule has 2 aromatic carbocycles. The second-order valence-corrected chi connectivity index (χ2v) is 9.23. The Balaban J connectivity index is 1.99. The van der Waals surface area contributed by atoms with Crippen LogP contribution in [-0.2, 0) is 15.0 Å². The summed E-state index contributed by atoms with van der Waals surface area (Å²) in [5.41, 5.74) is 1.27. The van der Waals surface area contributed by atoms with Crippen molar-refractivity contribution < 1.29 is 22.3 Å². The summed E-state index contributed by atoms with van der Waals surface area (Å²) in [6.07, 6.45) is 0. The molecule has 0 aliphatic rings. The van der Waals surface area contributed by atoms with Crippen LogP contribution in [0.15, 0.2) is 48.5 Å². The van der Waals surface area contributed by atoms with Gasteiger partial charge in [0.05, 0.1) is 12.2 Å². The van der Waals surface area contributed by atoms with E-state index in [-0.39, 0.29) is 18.8 Å². The zero-order chi connectivity index (χ0) is 22.3. The number of hydrogen-bond donors (Lipinski definition) is 1. The Labute approximate surface area is 177 Å². The van der Waals surface area contributed by atoms with Crippen molar-refractivity contribution in [2.45, 2.75) is 19.8 Å². The van der Waals surface area contributed by atoms with Gasteiger partial charge >= 0.3 is 10.2 Å². The maximum Gasteiger partial charge on any atom is 0.304 e. The van der Waals surface area contributed by atoms with E-state index in [1.807, 2.05) is 24.3 Å². The second kappa shape index (κ2) is 10.4. The van der Waals surface area contributed by atoms with E-state index < -0.39 is 28.5 Å². The molecule has 0 spiro atoms. The molecule has 30 heavy (non-hydrogen) atoms. The fourth-order valence-electron chi connectivity index (χ4n) is 2.74. The Bertz CT molecular complexity index is 947. The Hall–Kier alpha value is -2.65. The van der Waals surface area contributed by atoms with E-state index in [2.05, 4.69) is 19.2 Å². The minimum atomic E-state index is -3.94. The molecule has 0 heterocycles. The summed E-state index contributed by atoms with van der Waals surface area (Å²) >= 11 is 0. The Morgan fingerprint density at radius 3 is 2.33 bits per heavy atom. The number of benzene rings is 2. The molecule has 0 radical (unpaired) electrons. The lowest BCUT2D eigenvalue weighted by molar-refractivity contribution is -0.119. The third-order valence-corrected chi connectivity index (χ3v) is 6.18. The van der Waals surface area contributed by atoms with Crippen molar-refractivity contribution in [2.75, 3.05) is 38.1 Å². The zero-order valence-corrected chi connectivity index (χ0v) is 18.4. The minimum Gasteiger partial charge on any atom is -0.491 e. The highest BCUT2D eigenvalue weighted by atomic mass is 32.2. The molecule has 0 unspecified atom stereocenters. The van der Waals surface area contributed by atoms with E-state index in [9.17, 15) is 17.6 Å². The monoisotopic (exact) mass is 437 g/mol. The maximum absolute atomic E-state index is 13.2. The molecular weight excluding hydrogens is 409 g/mol. The molecule has 164 valence electrons. The van der Waals surface area contributed by atoms with E-state index >= 15 is 0 Å². The summed E-state index contributed by atoms with van der Waals surface area (Å²) in [5.74, 6) is 0.0656. The number of nitrogens with zero attached hydrogens (tertiary/aromatic N) is 2. The zero-order valence-electron chi connectivity index (χ0n) is 17.6. The van der Waals surface area contributed by atoms with Crippen LogP contribution in [0.4, 0.5) is 10.1 Å². The molecule has 0 bridgehead atoms. The summed E-state index contributed by atoms with van der Waals surface area (Å²) in [4.78, 5) is 12.4. The highest BCUT2D eigenvalue weighted by molar-refractivity contribution is 7.90. The number of carbonyl (C=O) groups excluding carboxylic acids is 1. The van der Waals surface area contributed by atoms with Gasteiger partial charge in [0.1, 0.15) is 24.7 Å². The Morgan fingerprint density at radius 1 is 1.10 bits per heavy atom. The van der Waals surface area contributed by atoms with E-state index in [1.54, 1.807) is 0 Å². The molecule has 1 amide bonds. The first-order valence-electron chi connectivity index (χ1n) is 9.57. The topological polar surface area (TPSA) is 79.0 Å². The first-order chi connectivity index (χ1) is 14.1. The summed E-state index contributed by atoms with van der Waals surface area (Å²) in [5, 5.41) is 2.66. The molecule has 2 rings (SSSR count). The van der Waals surface area contributed by atoms with Crippen molar-refractivity contribution in [3.05, 3.63) is 59.9 Å². The lowest BCUT2D eigenvalue weighted by atomic mass is 10.0. The van der Waals surface area contributed by atoms with E-state index in [4.69, 9.17) is 4.74 Å². The van der Waals surface area contributed by atoms with E-state index in [0.717, 1.165) is 32.1 Å². The van der Waals surface area contributed by atoms with Crippen molar-refractivity contribution in [3.8, 4) is 5.75 Å². The molecule has 0 aliphatic heterocycles. The predicted molar refractivity (Wildman–Crippen MR) is 115 cm³/mol. The van der Waals surface area contributed by atoms with Crippen LogP contribution in [0.3, 0.4) is 0 Å². The van der Waals surface area contributed by atoms with Gasteiger partial charge in [0, 0.05) is 14.1 Å². The van der Waals surface area contributed by atoms with Crippen molar-refractivity contribution in [3.63, 3.8) is 0 Å². The average Bonchev–Trinajstić information content (AvgIpc) is 2.70. The summed E-state index contributed by atoms with van der Waals surface area (Å²) in [6, 6.07) is 12.6. The highest BCUT2D eigenvalue weighted by Gasteiger charge is 2.27. The SMILES string of the molecule is CC(C)c1ccccc1OCCNC(=O)CN(c1ccc(F)cc1)S(=O)(=O)N(C)C. The molecule has 0 atom stereocenters. The molecule has 0 aliphatic carbocycles. The van der Waals surface area contributed by atoms with Crippen LogP contribution in [-0.4, -0.2) is 52.4 Å². The van der Waals surface area contributed by atoms with Crippen molar-refractivity contribution in [2.24, 2.45) is 0 Å². The van der Waals surface area contributed by atoms with Crippen molar-refractivity contribution in [1.29, 1.82) is 0 Å². The summed E-state index contributed by atoms with van der Waals surface area (Å²) in [6.45, 7) is 4.16. The van der Waals surface area contributed by atoms with Crippen LogP contribution >= 0.6 is 0 Å². The number of anilines is 1. The number of hydrogen-bond acceptors (Lipinski definition) is 4. The molecule has 7 nitrogen and oxygen atoms in total. The van der Waals surface area contributed by atoms with Gasteiger partial charge < -0.3 is 10.1 Å². The van der Waals surface area contributed by atoms with Crippen molar-refractivity contribution >= 4 is 21.8 Å². The number of rotatable bonds is 10. The van der Waals surface area contributed by atoms with E-state index in [0.29, 0.717) is 5.92 Å². The van der Waals surface area contributed by atoms with Crippen LogP contribution in [0.2, 0.25) is 0 Å². The summed E-state index contributed by atoms with van der Waals surface area (Å²) < 4.78 is 46.1. The molecule has 9 heteroatoms. The lowest BCUT2D eigenvalue weighted by Gasteiger charge is -2.26. The normalized spacial score (nSPS) is 11.6. The average molecular weight is 438 g/mol. The van der Waals surface area contributed by atoms with Gasteiger partial charge in [0.15, 0.2) is 0 Å². The van der Waals surface area contributed by atoms with Gasteiger partial charge in [-0.05, 0) is 41.8 Å². The maximum atomic E-state index is 13.2. The van der Waals surface area contributed by atoms with Gasteiger partial charge in [0.25, 0.3) is 0 Å². The predicted octanol–water partition coefficient (Wildman–Crippen LogP) is 2.76. The molecule has 0 aromatic heterocycles. The molecule has 2 aromatic rings. The van der Waals surface area contributed by atoms with Gasteiger partial charge in [-0.25, -0.2) is 8.70 Å². The smallest absolute Gasteiger partial charge is 0.304 e. The first kappa shape index (κ1) is 23.6. The molecule has 0 fully saturated rings.